The van der Waals surface area contributed by atoms with Crippen LogP contribution in [-0.2, 0) is 13.6 Å². The molecule has 0 radical (unpaired) electrons. The summed E-state index contributed by atoms with van der Waals surface area (Å²) in [5, 5.41) is 2.80. The molecule has 98 valence electrons. The van der Waals surface area contributed by atoms with Gasteiger partial charge >= 0.3 is 0 Å². The highest BCUT2D eigenvalue weighted by atomic mass is 16.2. The lowest BCUT2D eigenvalue weighted by Crippen LogP contribution is -2.25. The van der Waals surface area contributed by atoms with Crippen LogP contribution in [0.15, 0.2) is 47.4 Å². The number of hydrogen-bond donors (Lipinski definition) is 1. The maximum atomic E-state index is 11.9. The van der Waals surface area contributed by atoms with Gasteiger partial charge < -0.3 is 9.88 Å². The minimum atomic E-state index is -0.237. The van der Waals surface area contributed by atoms with Crippen molar-refractivity contribution in [3.8, 4) is 0 Å². The second kappa shape index (κ2) is 5.52. The van der Waals surface area contributed by atoms with Crippen LogP contribution < -0.4 is 10.9 Å². The van der Waals surface area contributed by atoms with E-state index in [4.69, 9.17) is 0 Å². The monoisotopic (exact) mass is 256 g/mol. The Morgan fingerprint density at radius 3 is 2.74 bits per heavy atom. The zero-order valence-corrected chi connectivity index (χ0v) is 11.0. The van der Waals surface area contributed by atoms with Crippen molar-refractivity contribution in [1.82, 2.24) is 9.88 Å². The number of pyridine rings is 1. The first-order chi connectivity index (χ1) is 9.06. The summed E-state index contributed by atoms with van der Waals surface area (Å²) in [4.78, 5) is 23.4. The van der Waals surface area contributed by atoms with E-state index in [9.17, 15) is 9.59 Å². The molecule has 0 bridgehead atoms. The highest BCUT2D eigenvalue weighted by Crippen LogP contribution is 2.04. The Labute approximate surface area is 111 Å². The first-order valence-corrected chi connectivity index (χ1v) is 6.07. The third kappa shape index (κ3) is 3.31. The van der Waals surface area contributed by atoms with E-state index in [1.54, 1.807) is 19.3 Å². The van der Waals surface area contributed by atoms with Gasteiger partial charge in [-0.3, -0.25) is 9.59 Å². The molecule has 2 aromatic rings. The molecule has 0 atom stereocenters. The lowest BCUT2D eigenvalue weighted by molar-refractivity contribution is 0.0950. The number of aromatic nitrogens is 1. The van der Waals surface area contributed by atoms with Gasteiger partial charge in [-0.25, -0.2) is 0 Å². The molecule has 0 unspecified atom stereocenters. The summed E-state index contributed by atoms with van der Waals surface area (Å²) in [6.07, 6.45) is 1.59. The van der Waals surface area contributed by atoms with E-state index in [2.05, 4.69) is 5.32 Å². The molecular weight excluding hydrogens is 240 g/mol. The molecule has 4 heteroatoms. The quantitative estimate of drug-likeness (QED) is 0.907. The molecule has 1 N–H and O–H groups in total. The van der Waals surface area contributed by atoms with Crippen molar-refractivity contribution in [2.75, 3.05) is 0 Å². The van der Waals surface area contributed by atoms with Crippen LogP contribution in [0.25, 0.3) is 0 Å². The van der Waals surface area contributed by atoms with Crippen molar-refractivity contribution >= 4 is 5.91 Å². The smallest absolute Gasteiger partial charge is 0.251 e. The van der Waals surface area contributed by atoms with Gasteiger partial charge in [0.1, 0.15) is 0 Å². The molecule has 4 nitrogen and oxygen atoms in total. The Balaban J connectivity index is 2.05. The molecule has 0 aliphatic rings. The third-order valence-corrected chi connectivity index (χ3v) is 2.90. The van der Waals surface area contributed by atoms with E-state index in [1.807, 2.05) is 31.2 Å². The largest absolute Gasteiger partial charge is 0.348 e. The first-order valence-electron chi connectivity index (χ1n) is 6.07. The van der Waals surface area contributed by atoms with Crippen LogP contribution in [0.1, 0.15) is 21.5 Å². The Hall–Kier alpha value is -2.36. The third-order valence-electron chi connectivity index (χ3n) is 2.90. The molecule has 19 heavy (non-hydrogen) atoms. The molecule has 1 heterocycles. The van der Waals surface area contributed by atoms with Gasteiger partial charge in [0.25, 0.3) is 11.5 Å². The topological polar surface area (TPSA) is 51.1 Å². The number of nitrogens with zero attached hydrogens (tertiary/aromatic N) is 1. The van der Waals surface area contributed by atoms with Gasteiger partial charge in [-0.05, 0) is 18.6 Å². The summed E-state index contributed by atoms with van der Waals surface area (Å²) >= 11 is 0. The SMILES string of the molecule is Cc1cccc(CNC(=O)c2ccn(C)c(=O)c2)c1. The van der Waals surface area contributed by atoms with Crippen molar-refractivity contribution in [3.63, 3.8) is 0 Å². The number of carbonyl (C=O) groups is 1. The average Bonchev–Trinajstić information content (AvgIpc) is 2.39. The predicted octanol–water partition coefficient (Wildman–Crippen LogP) is 1.62. The van der Waals surface area contributed by atoms with E-state index in [0.29, 0.717) is 12.1 Å². The minimum absolute atomic E-state index is 0.191. The fraction of sp³-hybridized carbons (Fsp3) is 0.200. The number of nitrogens with one attached hydrogen (secondary N) is 1. The molecule has 0 aliphatic heterocycles. The number of hydrogen-bond acceptors (Lipinski definition) is 2. The number of amides is 1. The van der Waals surface area contributed by atoms with Crippen LogP contribution in [0, 0.1) is 6.92 Å². The molecule has 0 saturated carbocycles. The van der Waals surface area contributed by atoms with Gasteiger partial charge in [-0.1, -0.05) is 29.8 Å². The Kier molecular flexibility index (Phi) is 3.80. The maximum Gasteiger partial charge on any atom is 0.251 e. The lowest BCUT2D eigenvalue weighted by Gasteiger charge is -2.06. The fourth-order valence-electron chi connectivity index (χ4n) is 1.80. The second-order valence-electron chi connectivity index (χ2n) is 4.54. The van der Waals surface area contributed by atoms with Gasteiger partial charge in [0.05, 0.1) is 0 Å². The van der Waals surface area contributed by atoms with Crippen molar-refractivity contribution in [3.05, 3.63) is 69.6 Å². The zero-order chi connectivity index (χ0) is 13.8. The van der Waals surface area contributed by atoms with E-state index < -0.39 is 0 Å². The fourth-order valence-corrected chi connectivity index (χ4v) is 1.80. The Morgan fingerprint density at radius 1 is 1.26 bits per heavy atom. The molecular formula is C15H16N2O2. The van der Waals surface area contributed by atoms with E-state index in [-0.39, 0.29) is 11.5 Å². The number of aryl methyl sites for hydroxylation is 2. The van der Waals surface area contributed by atoms with Gasteiger partial charge in [0.2, 0.25) is 0 Å². The highest BCUT2D eigenvalue weighted by molar-refractivity contribution is 5.93. The van der Waals surface area contributed by atoms with Crippen LogP contribution in [0.5, 0.6) is 0 Å². The van der Waals surface area contributed by atoms with Crippen molar-refractivity contribution in [1.29, 1.82) is 0 Å². The average molecular weight is 256 g/mol. The van der Waals surface area contributed by atoms with E-state index in [0.717, 1.165) is 11.1 Å². The Morgan fingerprint density at radius 2 is 2.05 bits per heavy atom. The van der Waals surface area contributed by atoms with Crippen molar-refractivity contribution < 1.29 is 4.79 Å². The van der Waals surface area contributed by atoms with Crippen LogP contribution in [0.3, 0.4) is 0 Å². The first kappa shape index (κ1) is 13.1. The van der Waals surface area contributed by atoms with Crippen LogP contribution >= 0.6 is 0 Å². The summed E-state index contributed by atoms with van der Waals surface area (Å²) in [7, 11) is 1.65. The van der Waals surface area contributed by atoms with Crippen molar-refractivity contribution in [2.45, 2.75) is 13.5 Å². The zero-order valence-electron chi connectivity index (χ0n) is 11.0. The van der Waals surface area contributed by atoms with Crippen molar-refractivity contribution in [2.24, 2.45) is 7.05 Å². The molecule has 0 saturated heterocycles. The lowest BCUT2D eigenvalue weighted by atomic mass is 10.1. The molecule has 1 aromatic carbocycles. The van der Waals surface area contributed by atoms with Gasteiger partial charge in [0.15, 0.2) is 0 Å². The summed E-state index contributed by atoms with van der Waals surface area (Å²) < 4.78 is 1.43. The minimum Gasteiger partial charge on any atom is -0.348 e. The van der Waals surface area contributed by atoms with Crippen LogP contribution in [-0.4, -0.2) is 10.5 Å². The molecule has 2 rings (SSSR count). The van der Waals surface area contributed by atoms with Gasteiger partial charge in [-0.2, -0.15) is 0 Å². The van der Waals surface area contributed by atoms with E-state index >= 15 is 0 Å². The summed E-state index contributed by atoms with van der Waals surface area (Å²) in [5.41, 5.74) is 2.39. The number of rotatable bonds is 3. The summed E-state index contributed by atoms with van der Waals surface area (Å²) in [6.45, 7) is 2.46. The normalized spacial score (nSPS) is 10.2. The van der Waals surface area contributed by atoms with Crippen LogP contribution in [0.2, 0.25) is 0 Å². The Bertz CT molecular complexity index is 659. The molecule has 0 fully saturated rings. The molecule has 1 amide bonds. The summed E-state index contributed by atoms with van der Waals surface area (Å²) in [5.74, 6) is -0.237. The highest BCUT2D eigenvalue weighted by Gasteiger charge is 2.06. The van der Waals surface area contributed by atoms with E-state index in [1.165, 1.54) is 10.6 Å². The molecule has 0 aliphatic carbocycles. The number of benzene rings is 1. The standard InChI is InChI=1S/C15H16N2O2/c1-11-4-3-5-12(8-11)10-16-15(19)13-6-7-17(2)14(18)9-13/h3-9H,10H2,1-2H3,(H,16,19). The second-order valence-corrected chi connectivity index (χ2v) is 4.54. The predicted molar refractivity (Wildman–Crippen MR) is 74.0 cm³/mol. The van der Waals surface area contributed by atoms with Gasteiger partial charge in [0, 0.05) is 31.4 Å². The van der Waals surface area contributed by atoms with Crippen LogP contribution in [0.4, 0.5) is 0 Å². The maximum absolute atomic E-state index is 11.9. The number of carbonyl (C=O) groups excluding carboxylic acids is 1. The molecule has 0 spiro atoms. The summed E-state index contributed by atoms with van der Waals surface area (Å²) in [6, 6.07) is 10.9. The molecule has 1 aromatic heterocycles. The van der Waals surface area contributed by atoms with Gasteiger partial charge in [-0.15, -0.1) is 0 Å².